The second-order valence-corrected chi connectivity index (χ2v) is 3.79. The van der Waals surface area contributed by atoms with Crippen LogP contribution in [0, 0.1) is 5.82 Å². The van der Waals surface area contributed by atoms with Crippen molar-refractivity contribution in [1.82, 2.24) is 5.32 Å². The molecule has 3 nitrogen and oxygen atoms in total. The summed E-state index contributed by atoms with van der Waals surface area (Å²) in [6.45, 7) is -0.803. The lowest BCUT2D eigenvalue weighted by Gasteiger charge is -2.18. The van der Waals surface area contributed by atoms with Crippen LogP contribution < -0.4 is 5.32 Å². The summed E-state index contributed by atoms with van der Waals surface area (Å²) in [5.41, 5.74) is -0.0167. The number of aliphatic hydroxyl groups is 1. The van der Waals surface area contributed by atoms with Crippen LogP contribution in [0.15, 0.2) is 18.2 Å². The smallest absolute Gasteiger partial charge is 0.394 e. The molecule has 0 heterocycles. The average Bonchev–Trinajstić information content (AvgIpc) is 2.28. The molecule has 1 aromatic rings. The molecule has 0 saturated carbocycles. The normalized spacial score (nSPS) is 13.2. The fourth-order valence-electron chi connectivity index (χ4n) is 1.20. The van der Waals surface area contributed by atoms with Crippen molar-refractivity contribution in [2.45, 2.75) is 12.2 Å². The average molecular weight is 286 g/mol. The zero-order valence-corrected chi connectivity index (χ0v) is 9.52. The quantitative estimate of drug-likeness (QED) is 0.837. The summed E-state index contributed by atoms with van der Waals surface area (Å²) < 4.78 is 49.1. The molecule has 0 saturated heterocycles. The van der Waals surface area contributed by atoms with Gasteiger partial charge >= 0.3 is 12.1 Å². The van der Waals surface area contributed by atoms with Crippen molar-refractivity contribution in [2.75, 3.05) is 6.61 Å². The predicted octanol–water partition coefficient (Wildman–Crippen LogP) is 2.19. The maximum Gasteiger partial charge on any atom is 0.471 e. The van der Waals surface area contributed by atoms with Gasteiger partial charge in [0, 0.05) is 0 Å². The number of alkyl halides is 3. The Labute approximate surface area is 104 Å². The van der Waals surface area contributed by atoms with E-state index in [-0.39, 0.29) is 10.6 Å². The van der Waals surface area contributed by atoms with Crippen LogP contribution in [0.2, 0.25) is 5.02 Å². The van der Waals surface area contributed by atoms with Crippen LogP contribution in [0.1, 0.15) is 11.6 Å². The summed E-state index contributed by atoms with van der Waals surface area (Å²) in [5.74, 6) is -3.06. The Balaban J connectivity index is 2.90. The molecule has 18 heavy (non-hydrogen) atoms. The van der Waals surface area contributed by atoms with Crippen LogP contribution in [0.5, 0.6) is 0 Å². The summed E-state index contributed by atoms with van der Waals surface area (Å²) in [4.78, 5) is 10.7. The van der Waals surface area contributed by atoms with Gasteiger partial charge in [-0.05, 0) is 17.7 Å². The third-order valence-electron chi connectivity index (χ3n) is 2.09. The minimum Gasteiger partial charge on any atom is -0.394 e. The summed E-state index contributed by atoms with van der Waals surface area (Å²) in [5, 5.41) is 10.3. The van der Waals surface area contributed by atoms with Gasteiger partial charge in [-0.1, -0.05) is 17.7 Å². The molecule has 0 aliphatic rings. The van der Waals surface area contributed by atoms with Crippen molar-refractivity contribution in [3.05, 3.63) is 34.6 Å². The van der Waals surface area contributed by atoms with E-state index in [0.717, 1.165) is 12.1 Å². The predicted molar refractivity (Wildman–Crippen MR) is 55.4 cm³/mol. The molecule has 0 fully saturated rings. The molecule has 1 rings (SSSR count). The van der Waals surface area contributed by atoms with E-state index >= 15 is 0 Å². The third-order valence-corrected chi connectivity index (χ3v) is 2.40. The van der Waals surface area contributed by atoms with Crippen LogP contribution in [0.3, 0.4) is 0 Å². The standard InChI is InChI=1S/C10H8ClF4NO2/c11-6-2-1-5(3-7(6)12)8(4-17)16-9(18)10(13,14)15/h1-3,8,17H,4H2,(H,16,18)/t8-/m1/s1. The minimum absolute atomic E-state index is 0.0167. The highest BCUT2D eigenvalue weighted by molar-refractivity contribution is 6.30. The maximum atomic E-state index is 13.1. The monoisotopic (exact) mass is 285 g/mol. The Morgan fingerprint density at radius 3 is 2.50 bits per heavy atom. The molecule has 2 N–H and O–H groups in total. The van der Waals surface area contributed by atoms with Gasteiger partial charge in [-0.25, -0.2) is 4.39 Å². The Kier molecular flexibility index (Phi) is 4.53. The van der Waals surface area contributed by atoms with Crippen LogP contribution in [0.25, 0.3) is 0 Å². The fraction of sp³-hybridized carbons (Fsp3) is 0.300. The zero-order valence-electron chi connectivity index (χ0n) is 8.76. The Morgan fingerprint density at radius 2 is 2.06 bits per heavy atom. The first-order valence-electron chi connectivity index (χ1n) is 4.69. The van der Waals surface area contributed by atoms with Gasteiger partial charge in [0.05, 0.1) is 17.7 Å². The molecule has 8 heteroatoms. The van der Waals surface area contributed by atoms with E-state index in [4.69, 9.17) is 16.7 Å². The molecule has 1 atom stereocenters. The number of carbonyl (C=O) groups excluding carboxylic acids is 1. The second-order valence-electron chi connectivity index (χ2n) is 3.38. The number of aliphatic hydroxyl groups excluding tert-OH is 1. The van der Waals surface area contributed by atoms with E-state index < -0.39 is 30.5 Å². The van der Waals surface area contributed by atoms with Gasteiger partial charge in [0.1, 0.15) is 5.82 Å². The maximum absolute atomic E-state index is 13.1. The molecule has 1 aromatic carbocycles. The Morgan fingerprint density at radius 1 is 1.44 bits per heavy atom. The van der Waals surface area contributed by atoms with Crippen molar-refractivity contribution in [2.24, 2.45) is 0 Å². The topological polar surface area (TPSA) is 49.3 Å². The lowest BCUT2D eigenvalue weighted by Crippen LogP contribution is -2.40. The fourth-order valence-corrected chi connectivity index (χ4v) is 1.32. The third kappa shape index (κ3) is 3.58. The van der Waals surface area contributed by atoms with E-state index in [1.54, 1.807) is 5.32 Å². The van der Waals surface area contributed by atoms with E-state index in [0.29, 0.717) is 0 Å². The number of halogens is 5. The van der Waals surface area contributed by atoms with Crippen LogP contribution in [-0.2, 0) is 4.79 Å². The lowest BCUT2D eigenvalue weighted by atomic mass is 10.1. The van der Waals surface area contributed by atoms with E-state index in [1.807, 2.05) is 0 Å². The number of carbonyl (C=O) groups is 1. The Bertz CT molecular complexity index is 450. The van der Waals surface area contributed by atoms with Crippen LogP contribution in [0.4, 0.5) is 17.6 Å². The number of hydrogen-bond acceptors (Lipinski definition) is 2. The van der Waals surface area contributed by atoms with Gasteiger partial charge in [0.15, 0.2) is 0 Å². The summed E-state index contributed by atoms with van der Waals surface area (Å²) in [7, 11) is 0. The molecule has 0 aliphatic carbocycles. The summed E-state index contributed by atoms with van der Waals surface area (Å²) in [6, 6.07) is 1.82. The van der Waals surface area contributed by atoms with Crippen molar-refractivity contribution in [3.63, 3.8) is 0 Å². The van der Waals surface area contributed by atoms with Crippen molar-refractivity contribution in [1.29, 1.82) is 0 Å². The summed E-state index contributed by atoms with van der Waals surface area (Å²) >= 11 is 5.40. The van der Waals surface area contributed by atoms with Gasteiger partial charge in [-0.2, -0.15) is 13.2 Å². The number of hydrogen-bond donors (Lipinski definition) is 2. The molecule has 1 amide bonds. The van der Waals surface area contributed by atoms with E-state index in [2.05, 4.69) is 0 Å². The number of benzene rings is 1. The molecular formula is C10H8ClF4NO2. The van der Waals surface area contributed by atoms with Crippen molar-refractivity contribution >= 4 is 17.5 Å². The van der Waals surface area contributed by atoms with Gasteiger partial charge in [0.25, 0.3) is 0 Å². The number of nitrogens with one attached hydrogen (secondary N) is 1. The summed E-state index contributed by atoms with van der Waals surface area (Å²) in [6.07, 6.45) is -5.07. The largest absolute Gasteiger partial charge is 0.471 e. The van der Waals surface area contributed by atoms with Crippen molar-refractivity contribution in [3.8, 4) is 0 Å². The lowest BCUT2D eigenvalue weighted by molar-refractivity contribution is -0.174. The molecule has 0 unspecified atom stereocenters. The SMILES string of the molecule is O=C(N[C@H](CO)c1ccc(Cl)c(F)c1)C(F)(F)F. The molecule has 0 spiro atoms. The van der Waals surface area contributed by atoms with E-state index in [1.165, 1.54) is 6.07 Å². The van der Waals surface area contributed by atoms with Gasteiger partial charge in [0.2, 0.25) is 0 Å². The molecule has 0 bridgehead atoms. The minimum atomic E-state index is -5.07. The van der Waals surface area contributed by atoms with Gasteiger partial charge in [-0.3, -0.25) is 4.79 Å². The second kappa shape index (κ2) is 5.53. The first-order chi connectivity index (χ1) is 8.25. The molecule has 0 aliphatic heterocycles. The highest BCUT2D eigenvalue weighted by atomic mass is 35.5. The molecule has 0 radical (unpaired) electrons. The first kappa shape index (κ1) is 14.7. The number of rotatable bonds is 3. The van der Waals surface area contributed by atoms with E-state index in [9.17, 15) is 22.4 Å². The molecular weight excluding hydrogens is 278 g/mol. The highest BCUT2D eigenvalue weighted by Crippen LogP contribution is 2.22. The molecule has 100 valence electrons. The van der Waals surface area contributed by atoms with Crippen LogP contribution in [-0.4, -0.2) is 23.8 Å². The van der Waals surface area contributed by atoms with Crippen LogP contribution >= 0.6 is 11.6 Å². The van der Waals surface area contributed by atoms with Gasteiger partial charge < -0.3 is 10.4 Å². The van der Waals surface area contributed by atoms with Crippen molar-refractivity contribution < 1.29 is 27.5 Å². The van der Waals surface area contributed by atoms with Gasteiger partial charge in [-0.15, -0.1) is 0 Å². The first-order valence-corrected chi connectivity index (χ1v) is 5.07. The highest BCUT2D eigenvalue weighted by Gasteiger charge is 2.39. The molecule has 0 aromatic heterocycles. The Hall–Kier alpha value is -1.34. The zero-order chi connectivity index (χ0) is 13.9. The number of amides is 1.